The molecule has 0 spiro atoms. The van der Waals surface area contributed by atoms with Gasteiger partial charge in [0.25, 0.3) is 0 Å². The maximum absolute atomic E-state index is 13.3. The monoisotopic (exact) mass is 576 g/mol. The predicted molar refractivity (Wildman–Crippen MR) is 154 cm³/mol. The molecule has 3 aliphatic rings. The highest BCUT2D eigenvalue weighted by molar-refractivity contribution is 5.80. The summed E-state index contributed by atoms with van der Waals surface area (Å²) >= 11 is 0. The first-order chi connectivity index (χ1) is 20.2. The number of rotatable bonds is 4. The van der Waals surface area contributed by atoms with Crippen molar-refractivity contribution in [2.75, 3.05) is 65.4 Å². The van der Waals surface area contributed by atoms with Crippen LogP contribution in [0.3, 0.4) is 0 Å². The van der Waals surface area contributed by atoms with Gasteiger partial charge in [0.05, 0.1) is 35.9 Å². The fraction of sp³-hybridized carbons (Fsp3) is 0.533. The topological polar surface area (TPSA) is 113 Å². The van der Waals surface area contributed by atoms with E-state index in [1.165, 1.54) is 0 Å². The average Bonchev–Trinajstić information content (AvgIpc) is 2.97. The summed E-state index contributed by atoms with van der Waals surface area (Å²) in [5, 5.41) is 0. The van der Waals surface area contributed by atoms with Crippen LogP contribution in [0.4, 0.5) is 0 Å². The molecular formula is C30H40N8O4. The van der Waals surface area contributed by atoms with Gasteiger partial charge in [-0.15, -0.1) is 0 Å². The normalized spacial score (nSPS) is 18.7. The molecule has 4 amide bonds. The summed E-state index contributed by atoms with van der Waals surface area (Å²) in [7, 11) is 0. The number of aromatic nitrogens is 2. The van der Waals surface area contributed by atoms with Gasteiger partial charge in [-0.05, 0) is 24.3 Å². The molecule has 5 rings (SSSR count). The minimum absolute atomic E-state index is 0.0337. The number of fused-ring (bicyclic) bond motifs is 4. The van der Waals surface area contributed by atoms with Gasteiger partial charge < -0.3 is 19.6 Å². The molecule has 2 aromatic heterocycles. The molecule has 0 atom stereocenters. The van der Waals surface area contributed by atoms with Gasteiger partial charge in [-0.1, -0.05) is 12.1 Å². The Morgan fingerprint density at radius 1 is 0.524 bits per heavy atom. The summed E-state index contributed by atoms with van der Waals surface area (Å²) in [6.07, 6.45) is 0. The zero-order chi connectivity index (χ0) is 29.6. The van der Waals surface area contributed by atoms with E-state index in [4.69, 9.17) is 9.97 Å². The van der Waals surface area contributed by atoms with Gasteiger partial charge in [0.2, 0.25) is 23.6 Å². The van der Waals surface area contributed by atoms with Crippen molar-refractivity contribution in [1.29, 1.82) is 0 Å². The molecule has 12 nitrogen and oxygen atoms in total. The quantitative estimate of drug-likeness (QED) is 0.507. The molecule has 4 bridgehead atoms. The van der Waals surface area contributed by atoms with Crippen molar-refractivity contribution in [1.82, 2.24) is 39.4 Å². The van der Waals surface area contributed by atoms with Crippen molar-refractivity contribution in [2.45, 2.75) is 40.0 Å². The van der Waals surface area contributed by atoms with E-state index in [-0.39, 0.29) is 36.7 Å². The van der Waals surface area contributed by atoms with Crippen molar-refractivity contribution in [3.63, 3.8) is 0 Å². The van der Waals surface area contributed by atoms with Gasteiger partial charge in [0.1, 0.15) is 0 Å². The molecule has 0 saturated carbocycles. The van der Waals surface area contributed by atoms with Gasteiger partial charge in [0.15, 0.2) is 0 Å². The minimum atomic E-state index is 0.0337. The van der Waals surface area contributed by atoms with Gasteiger partial charge >= 0.3 is 0 Å². The van der Waals surface area contributed by atoms with Gasteiger partial charge in [-0.25, -0.2) is 0 Å². The fourth-order valence-electron chi connectivity index (χ4n) is 5.79. The highest BCUT2D eigenvalue weighted by atomic mass is 16.2. The van der Waals surface area contributed by atoms with Crippen molar-refractivity contribution < 1.29 is 19.2 Å². The van der Waals surface area contributed by atoms with Crippen molar-refractivity contribution in [3.05, 3.63) is 59.2 Å². The molecule has 0 radical (unpaired) electrons. The van der Waals surface area contributed by atoms with Gasteiger partial charge in [-0.2, -0.15) is 0 Å². The maximum atomic E-state index is 13.3. The van der Waals surface area contributed by atoms with Crippen molar-refractivity contribution in [3.8, 4) is 0 Å². The first kappa shape index (κ1) is 29.6. The van der Waals surface area contributed by atoms with Crippen molar-refractivity contribution in [2.24, 2.45) is 0 Å². The largest absolute Gasteiger partial charge is 0.339 e. The molecule has 224 valence electrons. The third-order valence-electron chi connectivity index (χ3n) is 8.14. The highest BCUT2D eigenvalue weighted by Crippen LogP contribution is 2.16. The Kier molecular flexibility index (Phi) is 9.43. The maximum Gasteiger partial charge on any atom is 0.236 e. The van der Waals surface area contributed by atoms with Crippen LogP contribution in [0, 0.1) is 0 Å². The molecule has 0 N–H and O–H groups in total. The van der Waals surface area contributed by atoms with Crippen LogP contribution in [-0.2, 0) is 45.4 Å². The summed E-state index contributed by atoms with van der Waals surface area (Å²) in [6.45, 7) is 9.90. The van der Waals surface area contributed by atoms with Crippen LogP contribution in [0.25, 0.3) is 0 Å². The first-order valence-electron chi connectivity index (χ1n) is 14.6. The summed E-state index contributed by atoms with van der Waals surface area (Å²) in [4.78, 5) is 71.1. The lowest BCUT2D eigenvalue weighted by molar-refractivity contribution is -0.139. The second kappa shape index (κ2) is 13.4. The standard InChI is InChI=1S/C30H40N8O4/c1-23(39)35-9-13-37(14-10-35)29(41)21-33-17-25-5-3-7-27(31-25)19-34(20-28-8-4-6-26(18-33)32-28)22-30(42)38-15-11-36(12-16-38)24(2)40/h3-8H,9-22H2,1-2H3. The SMILES string of the molecule is CC(=O)N1CCN(C(=O)CN2Cc3cccc(n3)CN(CC(=O)N3CCN(C(C)=O)CC3)Cc3cccc(n3)C2)CC1. The van der Waals surface area contributed by atoms with E-state index in [1.54, 1.807) is 23.6 Å². The van der Waals surface area contributed by atoms with Crippen LogP contribution in [0.15, 0.2) is 36.4 Å². The van der Waals surface area contributed by atoms with Crippen LogP contribution >= 0.6 is 0 Å². The lowest BCUT2D eigenvalue weighted by Crippen LogP contribution is -2.52. The Morgan fingerprint density at radius 3 is 1.10 bits per heavy atom. The molecule has 2 fully saturated rings. The molecule has 3 aliphatic heterocycles. The van der Waals surface area contributed by atoms with Gasteiger partial charge in [0, 0.05) is 92.4 Å². The number of carbonyl (C=O) groups excluding carboxylic acids is 4. The fourth-order valence-corrected chi connectivity index (χ4v) is 5.79. The zero-order valence-corrected chi connectivity index (χ0v) is 24.6. The molecule has 42 heavy (non-hydrogen) atoms. The Bertz CT molecular complexity index is 1160. The molecular weight excluding hydrogens is 536 g/mol. The van der Waals surface area contributed by atoms with Crippen LogP contribution in [0.2, 0.25) is 0 Å². The third-order valence-corrected chi connectivity index (χ3v) is 8.14. The summed E-state index contributed by atoms with van der Waals surface area (Å²) in [5.74, 6) is 0.146. The third kappa shape index (κ3) is 7.68. The number of hydrogen-bond acceptors (Lipinski definition) is 8. The highest BCUT2D eigenvalue weighted by Gasteiger charge is 2.26. The number of pyridine rings is 2. The zero-order valence-electron chi connectivity index (χ0n) is 24.6. The number of carbonyl (C=O) groups is 4. The Hall–Kier alpha value is -3.90. The lowest BCUT2D eigenvalue weighted by Gasteiger charge is -2.35. The molecule has 2 saturated heterocycles. The molecule has 12 heteroatoms. The Balaban J connectivity index is 1.28. The van der Waals surface area contributed by atoms with Crippen LogP contribution in [-0.4, -0.2) is 128 Å². The molecule has 0 aromatic carbocycles. The summed E-state index contributed by atoms with van der Waals surface area (Å²) in [6, 6.07) is 11.8. The average molecular weight is 577 g/mol. The predicted octanol–water partition coefficient (Wildman–Crippen LogP) is 0.176. The number of hydrogen-bond donors (Lipinski definition) is 0. The van der Waals surface area contributed by atoms with E-state index in [0.717, 1.165) is 22.8 Å². The minimum Gasteiger partial charge on any atom is -0.339 e. The van der Waals surface area contributed by atoms with E-state index < -0.39 is 0 Å². The smallest absolute Gasteiger partial charge is 0.236 e. The summed E-state index contributed by atoms with van der Waals surface area (Å²) < 4.78 is 0. The number of piperazine rings is 2. The van der Waals surface area contributed by atoms with Crippen LogP contribution < -0.4 is 0 Å². The van der Waals surface area contributed by atoms with E-state index in [1.807, 2.05) is 46.2 Å². The Morgan fingerprint density at radius 2 is 0.810 bits per heavy atom. The Labute approximate surface area is 246 Å². The second-order valence-electron chi connectivity index (χ2n) is 11.3. The van der Waals surface area contributed by atoms with E-state index in [0.29, 0.717) is 78.5 Å². The van der Waals surface area contributed by atoms with Crippen LogP contribution in [0.5, 0.6) is 0 Å². The number of nitrogens with zero attached hydrogens (tertiary/aromatic N) is 8. The molecule has 5 heterocycles. The van der Waals surface area contributed by atoms with E-state index in [9.17, 15) is 19.2 Å². The van der Waals surface area contributed by atoms with Crippen LogP contribution in [0.1, 0.15) is 36.6 Å². The second-order valence-corrected chi connectivity index (χ2v) is 11.3. The van der Waals surface area contributed by atoms with Crippen molar-refractivity contribution >= 4 is 23.6 Å². The van der Waals surface area contributed by atoms with E-state index in [2.05, 4.69) is 9.80 Å². The molecule has 0 aliphatic carbocycles. The summed E-state index contributed by atoms with van der Waals surface area (Å²) in [5.41, 5.74) is 3.41. The first-order valence-corrected chi connectivity index (χ1v) is 14.6. The molecule has 0 unspecified atom stereocenters. The van der Waals surface area contributed by atoms with Gasteiger partial charge in [-0.3, -0.25) is 38.9 Å². The number of amides is 4. The molecule has 2 aromatic rings. The lowest BCUT2D eigenvalue weighted by atomic mass is 10.2. The van der Waals surface area contributed by atoms with E-state index >= 15 is 0 Å².